The molecule has 16 N–H and O–H groups in total. The molecule has 0 saturated carbocycles. The Morgan fingerprint density at radius 3 is 1.61 bits per heavy atom. The van der Waals surface area contributed by atoms with Gasteiger partial charge in [-0.3, -0.25) is 38.4 Å². The number of hydrogen-bond acceptors (Lipinski definition) is 18. The number of carboxylic acids is 1. The Balaban J connectivity index is 2.32. The highest BCUT2D eigenvalue weighted by Gasteiger charge is 2.46. The van der Waals surface area contributed by atoms with E-state index in [1.165, 1.54) is 37.7 Å². The van der Waals surface area contributed by atoms with Gasteiger partial charge in [-0.2, -0.15) is 11.8 Å². The minimum Gasteiger partial charge on any atom is -0.508 e. The third-order valence-corrected chi connectivity index (χ3v) is 13.3. The predicted octanol–water partition coefficient (Wildman–Crippen LogP) is -2.37. The van der Waals surface area contributed by atoms with Gasteiger partial charge in [-0.1, -0.05) is 67.5 Å². The Bertz CT molecular complexity index is 2170. The summed E-state index contributed by atoms with van der Waals surface area (Å²) >= 11 is 1.33. The summed E-state index contributed by atoms with van der Waals surface area (Å²) in [5.41, 5.74) is 6.81. The maximum Gasteiger partial charge on any atom is 0.326 e. The van der Waals surface area contributed by atoms with Crippen molar-refractivity contribution in [2.45, 2.75) is 186 Å². The van der Waals surface area contributed by atoms with E-state index >= 15 is 0 Å². The lowest BCUT2D eigenvalue weighted by atomic mass is 9.98. The molecule has 0 aromatic heterocycles. The lowest BCUT2D eigenvalue weighted by molar-refractivity contribution is -0.311. The number of carbonyl (C=O) groups excluding carboxylic acids is 8. The van der Waals surface area contributed by atoms with Gasteiger partial charge in [0.15, 0.2) is 6.29 Å². The first-order valence-corrected chi connectivity index (χ1v) is 27.9. The van der Waals surface area contributed by atoms with E-state index in [4.69, 9.17) is 15.2 Å². The van der Waals surface area contributed by atoms with E-state index in [1.807, 2.05) is 13.8 Å². The van der Waals surface area contributed by atoms with E-state index in [0.29, 0.717) is 11.3 Å². The maximum atomic E-state index is 14.4. The SMILES string of the molecule is CSCC[C@H](NC(=O)[C@@H](NC(=O)[C@H](CC(C)C)NC(=O)[C@H](CC(C)C)NC(=O)CNC(=O)[C@H](C)NC(=O)[C@H](CC(C)C)NC(=O)[C@@H](N)Cc1ccc(O)cc1)[C@@H](C)O[C@@H]1O[C@H](CO)[C@@H](O)[C@H](O)[C@H]1O)C(=O)N[C@H](C(=O)O)C(C)C. The summed E-state index contributed by atoms with van der Waals surface area (Å²) in [5, 5.41) is 81.2. The van der Waals surface area contributed by atoms with E-state index in [2.05, 4.69) is 42.5 Å². The van der Waals surface area contributed by atoms with E-state index < -0.39 is 157 Å². The van der Waals surface area contributed by atoms with Crippen molar-refractivity contribution in [3.05, 3.63) is 29.8 Å². The minimum atomic E-state index is -1.93. The molecular formula is C52H87N9O17S. The third kappa shape index (κ3) is 23.5. The number of nitrogens with two attached hydrogens (primary N) is 1. The van der Waals surface area contributed by atoms with Crippen molar-refractivity contribution in [3.8, 4) is 5.75 Å². The van der Waals surface area contributed by atoms with Crippen molar-refractivity contribution >= 4 is 65.0 Å². The first-order valence-electron chi connectivity index (χ1n) is 26.5. The number of aliphatic hydroxyl groups excluding tert-OH is 4. The number of ether oxygens (including phenoxy) is 2. The Hall–Kier alpha value is -5.68. The first-order chi connectivity index (χ1) is 36.9. The molecular weight excluding hydrogens is 1050 g/mol. The molecule has 1 heterocycles. The quantitative estimate of drug-likeness (QED) is 0.0350. The largest absolute Gasteiger partial charge is 0.508 e. The number of phenols is 1. The Morgan fingerprint density at radius 2 is 1.10 bits per heavy atom. The van der Waals surface area contributed by atoms with E-state index in [1.54, 1.807) is 59.9 Å². The summed E-state index contributed by atoms with van der Waals surface area (Å²) in [5.74, 6) is -8.63. The number of rotatable bonds is 33. The van der Waals surface area contributed by atoms with Gasteiger partial charge in [0.05, 0.1) is 25.3 Å². The highest BCUT2D eigenvalue weighted by Crippen LogP contribution is 2.24. The van der Waals surface area contributed by atoms with Crippen LogP contribution in [-0.2, 0) is 59.0 Å². The van der Waals surface area contributed by atoms with Gasteiger partial charge < -0.3 is 88.4 Å². The molecule has 0 bridgehead atoms. The van der Waals surface area contributed by atoms with Crippen molar-refractivity contribution in [2.75, 3.05) is 25.2 Å². The third-order valence-electron chi connectivity index (χ3n) is 12.7. The zero-order chi connectivity index (χ0) is 60.0. The zero-order valence-corrected chi connectivity index (χ0v) is 47.8. The van der Waals surface area contributed by atoms with Crippen molar-refractivity contribution < 1.29 is 83.3 Å². The number of phenolic OH excluding ortho intramolecular Hbond substituents is 1. The van der Waals surface area contributed by atoms with Crippen LogP contribution in [0, 0.1) is 23.7 Å². The number of hydrogen-bond donors (Lipinski definition) is 15. The standard InChI is InChI=1S/C52H87N9O17S/c1-24(2)18-34(56-38(64)22-54-44(68)28(9)55-47(71)35(19-25(3)4)58-45(69)32(53)21-30-12-14-31(63)15-13-30)48(72)59-36(20-26(5)6)49(73)61-40(29(10)77-52-43(67)42(66)41(65)37(23-62)78-52)50(74)57-33(16-17-79-11)46(70)60-39(27(7)8)51(75)76/h12-15,24-29,32-37,39-43,52,62-63,65-67H,16-23,53H2,1-11H3,(H,54,68)(H,55,71)(H,56,64)(H,57,74)(H,58,69)(H,59,72)(H,60,70)(H,61,73)(H,75,76)/t28-,29+,32-,33-,34-,35-,36-,37+,39-,40-,41+,42-,43+,52+/m0/s1. The molecule has 0 radical (unpaired) electrons. The second-order valence-electron chi connectivity index (χ2n) is 21.5. The number of aliphatic hydroxyl groups is 4. The maximum absolute atomic E-state index is 14.4. The molecule has 448 valence electrons. The average molecular weight is 1140 g/mol. The molecule has 2 rings (SSSR count). The van der Waals surface area contributed by atoms with Crippen LogP contribution in [-0.4, -0.2) is 194 Å². The molecule has 1 saturated heterocycles. The van der Waals surface area contributed by atoms with Crippen LogP contribution in [0.2, 0.25) is 0 Å². The highest BCUT2D eigenvalue weighted by atomic mass is 32.2. The van der Waals surface area contributed by atoms with Gasteiger partial charge >= 0.3 is 5.97 Å². The molecule has 8 amide bonds. The molecule has 1 aromatic rings. The Labute approximate surface area is 466 Å². The molecule has 27 heteroatoms. The number of carboxylic acid groups (broad SMARTS) is 1. The van der Waals surface area contributed by atoms with E-state index in [-0.39, 0.29) is 55.6 Å². The Morgan fingerprint density at radius 1 is 0.620 bits per heavy atom. The van der Waals surface area contributed by atoms with Crippen molar-refractivity contribution in [1.29, 1.82) is 0 Å². The second-order valence-corrected chi connectivity index (χ2v) is 22.5. The van der Waals surface area contributed by atoms with Crippen LogP contribution in [0.4, 0.5) is 0 Å². The van der Waals surface area contributed by atoms with Gasteiger partial charge in [-0.25, -0.2) is 4.79 Å². The Kier molecular flexibility index (Phi) is 29.7. The molecule has 79 heavy (non-hydrogen) atoms. The monoisotopic (exact) mass is 1140 g/mol. The molecule has 0 unspecified atom stereocenters. The lowest BCUT2D eigenvalue weighted by Gasteiger charge is -2.41. The highest BCUT2D eigenvalue weighted by molar-refractivity contribution is 7.98. The molecule has 26 nitrogen and oxygen atoms in total. The van der Waals surface area contributed by atoms with Crippen LogP contribution in [0.1, 0.15) is 100 Å². The fourth-order valence-corrected chi connectivity index (χ4v) is 8.71. The minimum absolute atomic E-state index is 0.000984. The fraction of sp³-hybridized carbons (Fsp3) is 0.712. The molecule has 0 aliphatic carbocycles. The molecule has 1 fully saturated rings. The second kappa shape index (κ2) is 33.8. The first kappa shape index (κ1) is 69.4. The molecule has 1 aliphatic rings. The number of nitrogens with one attached hydrogen (secondary N) is 8. The van der Waals surface area contributed by atoms with Crippen LogP contribution in [0.15, 0.2) is 24.3 Å². The van der Waals surface area contributed by atoms with Gasteiger partial charge in [0.2, 0.25) is 47.3 Å². The van der Waals surface area contributed by atoms with E-state index in [9.17, 15) is 73.8 Å². The van der Waals surface area contributed by atoms with Gasteiger partial charge in [0.1, 0.15) is 72.5 Å². The van der Waals surface area contributed by atoms with Crippen LogP contribution in [0.3, 0.4) is 0 Å². The normalized spacial score (nSPS) is 20.8. The number of aromatic hydroxyl groups is 1. The number of aliphatic carboxylic acids is 1. The summed E-state index contributed by atoms with van der Waals surface area (Å²) in [6.45, 7) is 15.0. The van der Waals surface area contributed by atoms with Gasteiger partial charge in [-0.05, 0) is 99.3 Å². The van der Waals surface area contributed by atoms with Crippen LogP contribution >= 0.6 is 11.8 Å². The zero-order valence-electron chi connectivity index (χ0n) is 47.0. The van der Waals surface area contributed by atoms with Gasteiger partial charge in [0.25, 0.3) is 0 Å². The van der Waals surface area contributed by atoms with Crippen LogP contribution in [0.25, 0.3) is 0 Å². The summed E-state index contributed by atoms with van der Waals surface area (Å²) in [7, 11) is 0. The summed E-state index contributed by atoms with van der Waals surface area (Å²) in [4.78, 5) is 122. The number of thioether (sulfide) groups is 1. The number of carbonyl (C=O) groups is 9. The summed E-state index contributed by atoms with van der Waals surface area (Å²) in [6.07, 6.45) is -8.19. The summed E-state index contributed by atoms with van der Waals surface area (Å²) < 4.78 is 11.4. The van der Waals surface area contributed by atoms with Crippen LogP contribution < -0.4 is 48.3 Å². The predicted molar refractivity (Wildman–Crippen MR) is 290 cm³/mol. The molecule has 14 atom stereocenters. The fourth-order valence-electron chi connectivity index (χ4n) is 8.24. The number of benzene rings is 1. The smallest absolute Gasteiger partial charge is 0.326 e. The lowest BCUT2D eigenvalue weighted by Crippen LogP contribution is -2.64. The van der Waals surface area contributed by atoms with Gasteiger partial charge in [0, 0.05) is 0 Å². The van der Waals surface area contributed by atoms with Crippen LogP contribution in [0.5, 0.6) is 5.75 Å². The molecule has 1 aliphatic heterocycles. The van der Waals surface area contributed by atoms with Crippen molar-refractivity contribution in [3.63, 3.8) is 0 Å². The summed E-state index contributed by atoms with van der Waals surface area (Å²) in [6, 6.07) is -4.33. The van der Waals surface area contributed by atoms with Gasteiger partial charge in [-0.15, -0.1) is 0 Å². The van der Waals surface area contributed by atoms with E-state index in [0.717, 1.165) is 0 Å². The number of amides is 8. The average Bonchev–Trinajstić information content (AvgIpc) is 3.36. The van der Waals surface area contributed by atoms with Crippen molar-refractivity contribution in [2.24, 2.45) is 29.4 Å². The topological polar surface area (TPSA) is 416 Å². The molecule has 1 aromatic carbocycles. The molecule has 0 spiro atoms. The van der Waals surface area contributed by atoms with Crippen molar-refractivity contribution in [1.82, 2.24) is 42.5 Å².